The quantitative estimate of drug-likeness (QED) is 0.746. The molecule has 1 saturated heterocycles. The zero-order chi connectivity index (χ0) is 16.8. The molecule has 0 atom stereocenters. The van der Waals surface area contributed by atoms with Gasteiger partial charge in [0.1, 0.15) is 0 Å². The van der Waals surface area contributed by atoms with E-state index in [1.807, 2.05) is 11.0 Å². The number of methoxy groups -OCH3 is 3. The summed E-state index contributed by atoms with van der Waals surface area (Å²) in [7, 11) is 4.62. The minimum Gasteiger partial charge on any atom is -0.493 e. The highest BCUT2D eigenvalue weighted by molar-refractivity contribution is 5.95. The third-order valence-corrected chi connectivity index (χ3v) is 3.96. The van der Waals surface area contributed by atoms with Crippen molar-refractivity contribution < 1.29 is 19.0 Å². The van der Waals surface area contributed by atoms with Crippen LogP contribution in [0.3, 0.4) is 0 Å². The molecule has 126 valence electrons. The van der Waals surface area contributed by atoms with E-state index in [1.54, 1.807) is 33.5 Å². The molecule has 6 nitrogen and oxygen atoms in total. The molecule has 0 unspecified atom stereocenters. The molecule has 0 aliphatic carbocycles. The van der Waals surface area contributed by atoms with Gasteiger partial charge in [-0.05, 0) is 12.1 Å². The maximum atomic E-state index is 12.7. The average molecular weight is 320 g/mol. The van der Waals surface area contributed by atoms with Gasteiger partial charge in [0.05, 0.1) is 21.3 Å². The van der Waals surface area contributed by atoms with Crippen molar-refractivity contribution in [2.24, 2.45) is 0 Å². The summed E-state index contributed by atoms with van der Waals surface area (Å²) in [5.41, 5.74) is 0.539. The molecule has 0 bridgehead atoms. The molecule has 1 amide bonds. The van der Waals surface area contributed by atoms with Crippen LogP contribution >= 0.6 is 0 Å². The van der Waals surface area contributed by atoms with Crippen molar-refractivity contribution in [3.63, 3.8) is 0 Å². The van der Waals surface area contributed by atoms with Crippen molar-refractivity contribution in [1.29, 1.82) is 0 Å². The summed E-state index contributed by atoms with van der Waals surface area (Å²) in [6.07, 6.45) is 1.89. The number of amides is 1. The Morgan fingerprint density at radius 3 is 2.09 bits per heavy atom. The molecule has 0 saturated carbocycles. The van der Waals surface area contributed by atoms with Crippen LogP contribution in [0.4, 0.5) is 0 Å². The third-order valence-electron chi connectivity index (χ3n) is 3.96. The van der Waals surface area contributed by atoms with Gasteiger partial charge in [0.15, 0.2) is 11.5 Å². The predicted octanol–water partition coefficient (Wildman–Crippen LogP) is 1.66. The Balaban J connectivity index is 2.18. The van der Waals surface area contributed by atoms with Gasteiger partial charge in [-0.1, -0.05) is 6.08 Å². The van der Waals surface area contributed by atoms with E-state index >= 15 is 0 Å². The number of carbonyl (C=O) groups is 1. The van der Waals surface area contributed by atoms with Crippen LogP contribution < -0.4 is 14.2 Å². The topological polar surface area (TPSA) is 51.2 Å². The summed E-state index contributed by atoms with van der Waals surface area (Å²) in [5.74, 6) is 1.44. The van der Waals surface area contributed by atoms with Crippen LogP contribution in [0.1, 0.15) is 10.4 Å². The highest BCUT2D eigenvalue weighted by Gasteiger charge is 2.24. The van der Waals surface area contributed by atoms with Gasteiger partial charge < -0.3 is 19.1 Å². The molecule has 1 heterocycles. The molecule has 23 heavy (non-hydrogen) atoms. The average Bonchev–Trinajstić information content (AvgIpc) is 2.60. The predicted molar refractivity (Wildman–Crippen MR) is 88.6 cm³/mol. The SMILES string of the molecule is C=CCN1CCN(C(=O)c2cc(OC)c(OC)c(OC)c2)CC1. The first-order valence-electron chi connectivity index (χ1n) is 7.57. The van der Waals surface area contributed by atoms with E-state index in [0.717, 1.165) is 19.6 Å². The number of benzene rings is 1. The lowest BCUT2D eigenvalue weighted by molar-refractivity contribution is 0.0649. The van der Waals surface area contributed by atoms with Crippen LogP contribution in [0.5, 0.6) is 17.2 Å². The molecule has 1 aromatic rings. The second-order valence-electron chi connectivity index (χ2n) is 5.30. The van der Waals surface area contributed by atoms with Crippen molar-refractivity contribution in [2.45, 2.75) is 0 Å². The van der Waals surface area contributed by atoms with Crippen LogP contribution in [0, 0.1) is 0 Å². The van der Waals surface area contributed by atoms with Gasteiger partial charge in [-0.3, -0.25) is 9.69 Å². The van der Waals surface area contributed by atoms with Gasteiger partial charge in [-0.2, -0.15) is 0 Å². The van der Waals surface area contributed by atoms with Crippen LogP contribution in [-0.4, -0.2) is 69.8 Å². The van der Waals surface area contributed by atoms with E-state index in [2.05, 4.69) is 11.5 Å². The van der Waals surface area contributed by atoms with Crippen LogP contribution in [0.2, 0.25) is 0 Å². The summed E-state index contributed by atoms with van der Waals surface area (Å²) in [4.78, 5) is 16.9. The number of ether oxygens (including phenoxy) is 3. The van der Waals surface area contributed by atoms with E-state index in [4.69, 9.17) is 14.2 Å². The Hall–Kier alpha value is -2.21. The normalized spacial score (nSPS) is 15.2. The molecular weight excluding hydrogens is 296 g/mol. The smallest absolute Gasteiger partial charge is 0.254 e. The van der Waals surface area contributed by atoms with Crippen molar-refractivity contribution in [1.82, 2.24) is 9.80 Å². The molecule has 0 N–H and O–H groups in total. The number of hydrogen-bond donors (Lipinski definition) is 0. The first kappa shape index (κ1) is 17.1. The van der Waals surface area contributed by atoms with Crippen molar-refractivity contribution >= 4 is 5.91 Å². The Kier molecular flexibility index (Phi) is 5.87. The summed E-state index contributed by atoms with van der Waals surface area (Å²) < 4.78 is 15.9. The fourth-order valence-corrected chi connectivity index (χ4v) is 2.70. The lowest BCUT2D eigenvalue weighted by Crippen LogP contribution is -2.48. The molecule has 0 spiro atoms. The number of nitrogens with zero attached hydrogens (tertiary/aromatic N) is 2. The Bertz CT molecular complexity index is 541. The van der Waals surface area contributed by atoms with Gasteiger partial charge >= 0.3 is 0 Å². The fourth-order valence-electron chi connectivity index (χ4n) is 2.70. The fraction of sp³-hybridized carbons (Fsp3) is 0.471. The zero-order valence-electron chi connectivity index (χ0n) is 14.0. The number of rotatable bonds is 6. The Morgan fingerprint density at radius 2 is 1.65 bits per heavy atom. The second kappa shape index (κ2) is 7.87. The molecule has 0 aromatic heterocycles. The minimum absolute atomic E-state index is 0.0255. The molecule has 1 aromatic carbocycles. The molecule has 0 radical (unpaired) electrons. The second-order valence-corrected chi connectivity index (χ2v) is 5.30. The lowest BCUT2D eigenvalue weighted by atomic mass is 10.1. The lowest BCUT2D eigenvalue weighted by Gasteiger charge is -2.34. The Labute approximate surface area is 137 Å². The van der Waals surface area contributed by atoms with Gasteiger partial charge in [0, 0.05) is 38.3 Å². The molecule has 1 fully saturated rings. The van der Waals surface area contributed by atoms with E-state index in [1.165, 1.54) is 0 Å². The summed E-state index contributed by atoms with van der Waals surface area (Å²) >= 11 is 0. The standard InChI is InChI=1S/C17H24N2O4/c1-5-6-18-7-9-19(10-8-18)17(20)13-11-14(21-2)16(23-4)15(12-13)22-3/h5,11-12H,1,6-10H2,2-4H3. The van der Waals surface area contributed by atoms with Gasteiger partial charge in [0.25, 0.3) is 5.91 Å². The molecule has 2 rings (SSSR count). The number of piperazine rings is 1. The van der Waals surface area contributed by atoms with Crippen LogP contribution in [0.15, 0.2) is 24.8 Å². The molecular formula is C17H24N2O4. The monoisotopic (exact) mass is 320 g/mol. The maximum Gasteiger partial charge on any atom is 0.254 e. The number of hydrogen-bond acceptors (Lipinski definition) is 5. The largest absolute Gasteiger partial charge is 0.493 e. The van der Waals surface area contributed by atoms with Crippen molar-refractivity contribution in [2.75, 3.05) is 54.1 Å². The van der Waals surface area contributed by atoms with Gasteiger partial charge in [0.2, 0.25) is 5.75 Å². The molecule has 6 heteroatoms. The number of carbonyl (C=O) groups excluding carboxylic acids is 1. The molecule has 1 aliphatic rings. The summed E-state index contributed by atoms with van der Waals surface area (Å²) in [5, 5.41) is 0. The summed E-state index contributed by atoms with van der Waals surface area (Å²) in [6, 6.07) is 3.39. The zero-order valence-corrected chi connectivity index (χ0v) is 14.0. The van der Waals surface area contributed by atoms with Crippen molar-refractivity contribution in [3.05, 3.63) is 30.4 Å². The third kappa shape index (κ3) is 3.76. The first-order valence-corrected chi connectivity index (χ1v) is 7.57. The van der Waals surface area contributed by atoms with Gasteiger partial charge in [-0.15, -0.1) is 6.58 Å². The highest BCUT2D eigenvalue weighted by atomic mass is 16.5. The van der Waals surface area contributed by atoms with E-state index < -0.39 is 0 Å². The van der Waals surface area contributed by atoms with E-state index in [9.17, 15) is 4.79 Å². The van der Waals surface area contributed by atoms with Gasteiger partial charge in [-0.25, -0.2) is 0 Å². The van der Waals surface area contributed by atoms with Crippen LogP contribution in [0.25, 0.3) is 0 Å². The van der Waals surface area contributed by atoms with Crippen LogP contribution in [-0.2, 0) is 0 Å². The maximum absolute atomic E-state index is 12.7. The first-order chi connectivity index (χ1) is 11.1. The van der Waals surface area contributed by atoms with E-state index in [0.29, 0.717) is 35.9 Å². The highest BCUT2D eigenvalue weighted by Crippen LogP contribution is 2.38. The Morgan fingerprint density at radius 1 is 1.09 bits per heavy atom. The molecule has 1 aliphatic heterocycles. The summed E-state index contributed by atoms with van der Waals surface area (Å²) in [6.45, 7) is 7.70. The van der Waals surface area contributed by atoms with Crippen molar-refractivity contribution in [3.8, 4) is 17.2 Å². The van der Waals surface area contributed by atoms with E-state index in [-0.39, 0.29) is 5.91 Å². The minimum atomic E-state index is -0.0255.